The van der Waals surface area contributed by atoms with Crippen LogP contribution in [0.25, 0.3) is 11.5 Å². The van der Waals surface area contributed by atoms with Crippen molar-refractivity contribution < 1.29 is 19.0 Å². The van der Waals surface area contributed by atoms with Gasteiger partial charge in [0.25, 0.3) is 0 Å². The van der Waals surface area contributed by atoms with Gasteiger partial charge in [-0.25, -0.2) is 0 Å². The molecule has 1 aliphatic heterocycles. The Balaban J connectivity index is 1.22. The number of aromatic nitrogens is 2. The van der Waals surface area contributed by atoms with Gasteiger partial charge < -0.3 is 23.9 Å². The minimum Gasteiger partial charge on any atom is -0.495 e. The van der Waals surface area contributed by atoms with Crippen molar-refractivity contribution in [1.29, 1.82) is 0 Å². The quantitative estimate of drug-likeness (QED) is 0.591. The van der Waals surface area contributed by atoms with E-state index in [4.69, 9.17) is 13.9 Å². The Hall–Kier alpha value is -3.10. The van der Waals surface area contributed by atoms with Gasteiger partial charge in [-0.2, -0.15) is 0 Å². The molecule has 3 aromatic rings. The number of piperazine rings is 1. The van der Waals surface area contributed by atoms with E-state index in [1.807, 2.05) is 42.5 Å². The summed E-state index contributed by atoms with van der Waals surface area (Å²) in [5.74, 6) is 2.60. The molecule has 1 unspecified atom stereocenters. The van der Waals surface area contributed by atoms with Crippen LogP contribution in [0.4, 0.5) is 5.69 Å². The molecule has 0 bridgehead atoms. The van der Waals surface area contributed by atoms with E-state index >= 15 is 0 Å². The lowest BCUT2D eigenvalue weighted by atomic mass is 10.2. The zero-order valence-corrected chi connectivity index (χ0v) is 17.9. The molecule has 1 fully saturated rings. The molecule has 2 aromatic carbocycles. The second-order valence-electron chi connectivity index (χ2n) is 7.57. The fourth-order valence-electron chi connectivity index (χ4n) is 3.71. The third kappa shape index (κ3) is 5.34. The molecule has 2 heterocycles. The normalized spacial score (nSPS) is 15.6. The lowest BCUT2D eigenvalue weighted by molar-refractivity contribution is 0.0663. The maximum Gasteiger partial charge on any atom is 0.247 e. The zero-order chi connectivity index (χ0) is 21.6. The van der Waals surface area contributed by atoms with Gasteiger partial charge in [-0.15, -0.1) is 10.2 Å². The van der Waals surface area contributed by atoms with E-state index in [1.165, 1.54) is 0 Å². The Morgan fingerprint density at radius 1 is 1.03 bits per heavy atom. The van der Waals surface area contributed by atoms with Crippen LogP contribution >= 0.6 is 0 Å². The zero-order valence-electron chi connectivity index (χ0n) is 17.9. The number of anilines is 1. The van der Waals surface area contributed by atoms with Crippen molar-refractivity contribution in [3.05, 3.63) is 54.4 Å². The molecule has 0 amide bonds. The van der Waals surface area contributed by atoms with Crippen LogP contribution in [-0.2, 0) is 0 Å². The van der Waals surface area contributed by atoms with E-state index < -0.39 is 6.10 Å². The highest BCUT2D eigenvalue weighted by atomic mass is 16.5. The molecule has 8 nitrogen and oxygen atoms in total. The highest BCUT2D eigenvalue weighted by Gasteiger charge is 2.21. The third-order valence-corrected chi connectivity index (χ3v) is 5.34. The van der Waals surface area contributed by atoms with Crippen LogP contribution in [0.3, 0.4) is 0 Å². The molecule has 1 N–H and O–H groups in total. The summed E-state index contributed by atoms with van der Waals surface area (Å²) >= 11 is 0. The minimum atomic E-state index is -0.559. The summed E-state index contributed by atoms with van der Waals surface area (Å²) < 4.78 is 16.7. The fraction of sp³-hybridized carbons (Fsp3) is 0.391. The van der Waals surface area contributed by atoms with E-state index in [0.29, 0.717) is 24.1 Å². The van der Waals surface area contributed by atoms with Gasteiger partial charge in [-0.3, -0.25) is 4.90 Å². The highest BCUT2D eigenvalue weighted by molar-refractivity contribution is 5.58. The molecule has 1 aromatic heterocycles. The van der Waals surface area contributed by atoms with Gasteiger partial charge in [0.1, 0.15) is 24.2 Å². The van der Waals surface area contributed by atoms with Gasteiger partial charge >= 0.3 is 0 Å². The number of aryl methyl sites for hydroxylation is 1. The maximum atomic E-state index is 10.4. The largest absolute Gasteiger partial charge is 0.495 e. The summed E-state index contributed by atoms with van der Waals surface area (Å²) in [6, 6.07) is 15.5. The standard InChI is InChI=1S/C23H28N4O4/c1-17-24-25-23(31-17)18-7-9-20(10-8-18)30-16-19(28)15-26-11-13-27(14-12-26)21-5-3-4-6-22(21)29-2/h3-10,19,28H,11-16H2,1-2H3. The Labute approximate surface area is 182 Å². The van der Waals surface area contributed by atoms with E-state index in [-0.39, 0.29) is 6.61 Å². The number of nitrogens with zero attached hydrogens (tertiary/aromatic N) is 4. The van der Waals surface area contributed by atoms with E-state index in [2.05, 4.69) is 26.1 Å². The predicted octanol–water partition coefficient (Wildman–Crippen LogP) is 2.62. The molecule has 1 atom stereocenters. The second kappa shape index (κ2) is 9.80. The number of aliphatic hydroxyl groups excluding tert-OH is 1. The Kier molecular flexibility index (Phi) is 6.69. The first kappa shape index (κ1) is 21.1. The van der Waals surface area contributed by atoms with E-state index in [1.54, 1.807) is 14.0 Å². The molecule has 1 saturated heterocycles. The number of rotatable bonds is 8. The first-order chi connectivity index (χ1) is 15.1. The molecule has 0 saturated carbocycles. The Morgan fingerprint density at radius 2 is 1.77 bits per heavy atom. The van der Waals surface area contributed by atoms with Crippen molar-refractivity contribution in [3.63, 3.8) is 0 Å². The molecule has 0 radical (unpaired) electrons. The molecular weight excluding hydrogens is 396 g/mol. The molecular formula is C23H28N4O4. The van der Waals surface area contributed by atoms with Crippen LogP contribution in [0, 0.1) is 6.92 Å². The molecule has 31 heavy (non-hydrogen) atoms. The number of para-hydroxylation sites is 2. The summed E-state index contributed by atoms with van der Waals surface area (Å²) in [5, 5.41) is 18.3. The highest BCUT2D eigenvalue weighted by Crippen LogP contribution is 2.28. The Bertz CT molecular complexity index is 968. The first-order valence-electron chi connectivity index (χ1n) is 10.4. The van der Waals surface area contributed by atoms with Crippen molar-refractivity contribution >= 4 is 5.69 Å². The monoisotopic (exact) mass is 424 g/mol. The maximum absolute atomic E-state index is 10.4. The van der Waals surface area contributed by atoms with Crippen LogP contribution in [0.15, 0.2) is 52.9 Å². The van der Waals surface area contributed by atoms with Gasteiger partial charge in [0.2, 0.25) is 11.8 Å². The van der Waals surface area contributed by atoms with Crippen molar-refractivity contribution in [3.8, 4) is 23.0 Å². The first-order valence-corrected chi connectivity index (χ1v) is 10.4. The Morgan fingerprint density at radius 3 is 2.45 bits per heavy atom. The smallest absolute Gasteiger partial charge is 0.247 e. The summed E-state index contributed by atoms with van der Waals surface area (Å²) in [6.07, 6.45) is -0.559. The molecule has 0 spiro atoms. The molecule has 164 valence electrons. The average molecular weight is 425 g/mol. The lowest BCUT2D eigenvalue weighted by Crippen LogP contribution is -2.49. The van der Waals surface area contributed by atoms with Gasteiger partial charge in [-0.05, 0) is 36.4 Å². The lowest BCUT2D eigenvalue weighted by Gasteiger charge is -2.37. The number of β-amino-alcohol motifs (C(OH)–C–C–N with tert-alkyl or cyclic N) is 1. The van der Waals surface area contributed by atoms with Crippen molar-refractivity contribution in [2.45, 2.75) is 13.0 Å². The summed E-state index contributed by atoms with van der Waals surface area (Å²) in [7, 11) is 1.70. The van der Waals surface area contributed by atoms with Gasteiger partial charge in [-0.1, -0.05) is 12.1 Å². The van der Waals surface area contributed by atoms with E-state index in [9.17, 15) is 5.11 Å². The third-order valence-electron chi connectivity index (χ3n) is 5.34. The number of aliphatic hydroxyl groups is 1. The SMILES string of the molecule is COc1ccccc1N1CCN(CC(O)COc2ccc(-c3nnc(C)o3)cc2)CC1. The summed E-state index contributed by atoms with van der Waals surface area (Å²) in [6.45, 7) is 6.13. The summed E-state index contributed by atoms with van der Waals surface area (Å²) in [5.41, 5.74) is 1.95. The minimum absolute atomic E-state index is 0.242. The average Bonchev–Trinajstić information content (AvgIpc) is 3.25. The predicted molar refractivity (Wildman–Crippen MR) is 118 cm³/mol. The fourth-order valence-corrected chi connectivity index (χ4v) is 3.71. The molecule has 8 heteroatoms. The van der Waals surface area contributed by atoms with Gasteiger partial charge in [0.05, 0.1) is 12.8 Å². The summed E-state index contributed by atoms with van der Waals surface area (Å²) in [4.78, 5) is 4.59. The molecule has 4 rings (SSSR count). The number of hydrogen-bond donors (Lipinski definition) is 1. The topological polar surface area (TPSA) is 84.1 Å². The van der Waals surface area contributed by atoms with Crippen LogP contribution in [-0.4, -0.2) is 72.7 Å². The second-order valence-corrected chi connectivity index (χ2v) is 7.57. The number of benzene rings is 2. The number of methoxy groups -OCH3 is 1. The van der Waals surface area contributed by atoms with Crippen LogP contribution in [0.5, 0.6) is 11.5 Å². The van der Waals surface area contributed by atoms with E-state index in [0.717, 1.165) is 43.2 Å². The molecule has 1 aliphatic rings. The molecule has 0 aliphatic carbocycles. The van der Waals surface area contributed by atoms with Crippen LogP contribution < -0.4 is 14.4 Å². The van der Waals surface area contributed by atoms with Gasteiger partial charge in [0, 0.05) is 45.2 Å². The van der Waals surface area contributed by atoms with Gasteiger partial charge in [0.15, 0.2) is 0 Å². The number of hydrogen-bond acceptors (Lipinski definition) is 8. The van der Waals surface area contributed by atoms with Crippen molar-refractivity contribution in [2.75, 3.05) is 51.3 Å². The van der Waals surface area contributed by atoms with Crippen LogP contribution in [0.1, 0.15) is 5.89 Å². The van der Waals surface area contributed by atoms with Crippen molar-refractivity contribution in [2.24, 2.45) is 0 Å². The van der Waals surface area contributed by atoms with Crippen LogP contribution in [0.2, 0.25) is 0 Å². The number of ether oxygens (including phenoxy) is 2. The van der Waals surface area contributed by atoms with Crippen molar-refractivity contribution in [1.82, 2.24) is 15.1 Å².